The van der Waals surface area contributed by atoms with Gasteiger partial charge < -0.3 is 0 Å². The lowest BCUT2D eigenvalue weighted by Crippen LogP contribution is -2.05. The first kappa shape index (κ1) is 24.1. The highest BCUT2D eigenvalue weighted by molar-refractivity contribution is 6.16. The van der Waals surface area contributed by atoms with Gasteiger partial charge in [-0.05, 0) is 41.8 Å². The molecule has 7 heteroatoms. The van der Waals surface area contributed by atoms with Gasteiger partial charge in [-0.2, -0.15) is 10.5 Å². The minimum absolute atomic E-state index is 0.400. The third-order valence-electron chi connectivity index (χ3n) is 8.32. The summed E-state index contributed by atoms with van der Waals surface area (Å²) in [6.45, 7) is 0. The second-order valence-electron chi connectivity index (χ2n) is 10.8. The van der Waals surface area contributed by atoms with Crippen LogP contribution in [0.3, 0.4) is 0 Å². The minimum atomic E-state index is 0.400. The third-order valence-corrected chi connectivity index (χ3v) is 8.32. The van der Waals surface area contributed by atoms with Crippen molar-refractivity contribution < 1.29 is 0 Å². The zero-order valence-electron chi connectivity index (χ0n) is 23.1. The van der Waals surface area contributed by atoms with Crippen LogP contribution in [0, 0.1) is 22.7 Å². The average Bonchev–Trinajstić information content (AvgIpc) is 3.63. The van der Waals surface area contributed by atoms with Gasteiger partial charge in [-0.15, -0.1) is 0 Å². The number of fused-ring (bicyclic) bond motifs is 11. The summed E-state index contributed by atoms with van der Waals surface area (Å²) >= 11 is 0. The van der Waals surface area contributed by atoms with E-state index in [4.69, 9.17) is 15.0 Å². The number of benzene rings is 5. The van der Waals surface area contributed by atoms with Crippen LogP contribution in [0.15, 0.2) is 115 Å². The van der Waals surface area contributed by atoms with E-state index in [1.54, 1.807) is 18.2 Å². The highest BCUT2D eigenvalue weighted by Crippen LogP contribution is 2.38. The number of rotatable bonds is 2. The molecule has 7 nitrogen and oxygen atoms in total. The first-order valence-corrected chi connectivity index (χ1v) is 14.2. The Morgan fingerprint density at radius 2 is 1.16 bits per heavy atom. The zero-order chi connectivity index (χ0) is 29.4. The van der Waals surface area contributed by atoms with Gasteiger partial charge >= 0.3 is 0 Å². The molecule has 0 N–H and O–H groups in total. The van der Waals surface area contributed by atoms with Gasteiger partial charge in [0.05, 0.1) is 45.5 Å². The molecular weight excluding hydrogens is 542 g/mol. The number of hydrogen-bond donors (Lipinski definition) is 0. The lowest BCUT2D eigenvalue weighted by Gasteiger charge is -2.13. The summed E-state index contributed by atoms with van der Waals surface area (Å²) in [7, 11) is 0. The molecule has 0 aliphatic rings. The van der Waals surface area contributed by atoms with Crippen molar-refractivity contribution in [3.63, 3.8) is 0 Å². The van der Waals surface area contributed by atoms with Crippen LogP contribution in [0.1, 0.15) is 11.1 Å². The van der Waals surface area contributed by atoms with Gasteiger partial charge in [0.25, 0.3) is 0 Å². The molecule has 4 heterocycles. The molecule has 0 amide bonds. The van der Waals surface area contributed by atoms with Crippen LogP contribution in [-0.2, 0) is 0 Å². The monoisotopic (exact) mass is 561 g/mol. The number of nitriles is 2. The van der Waals surface area contributed by atoms with E-state index in [1.165, 1.54) is 0 Å². The van der Waals surface area contributed by atoms with E-state index in [1.807, 2.05) is 42.5 Å². The summed E-state index contributed by atoms with van der Waals surface area (Å²) in [6, 6.07) is 42.3. The molecule has 0 unspecified atom stereocenters. The molecular formula is C37H19N7. The molecule has 9 aromatic rings. The number of para-hydroxylation sites is 3. The molecule has 9 rings (SSSR count). The number of pyridine rings is 1. The van der Waals surface area contributed by atoms with E-state index in [0.29, 0.717) is 28.3 Å². The number of nitrogens with zero attached hydrogens (tertiary/aromatic N) is 7. The number of hydrogen-bond acceptors (Lipinski definition) is 5. The second kappa shape index (κ2) is 8.96. The van der Waals surface area contributed by atoms with Crippen molar-refractivity contribution in [3.8, 4) is 29.3 Å². The van der Waals surface area contributed by atoms with Crippen molar-refractivity contribution in [1.82, 2.24) is 23.9 Å². The smallest absolute Gasteiger partial charge is 0.237 e. The quantitative estimate of drug-likeness (QED) is 0.199. The molecule has 5 aromatic carbocycles. The Bertz CT molecular complexity index is 2720. The minimum Gasteiger partial charge on any atom is -0.277 e. The van der Waals surface area contributed by atoms with E-state index >= 15 is 0 Å². The fraction of sp³-hybridized carbons (Fsp3) is 0. The van der Waals surface area contributed by atoms with Crippen LogP contribution in [0.25, 0.3) is 77.5 Å². The molecule has 0 aliphatic heterocycles. The molecule has 0 saturated heterocycles. The van der Waals surface area contributed by atoms with Crippen molar-refractivity contribution in [3.05, 3.63) is 126 Å². The predicted octanol–water partition coefficient (Wildman–Crippen LogP) is 8.09. The number of aromatic nitrogens is 5. The Morgan fingerprint density at radius 1 is 0.545 bits per heavy atom. The SMILES string of the molecule is N#Cc1cc(C#N)cc(-c2nc(-n3c4ccccc4c4nc5c6ccccc6c6ccccc6n5c43)nc3ccccc23)c1. The molecule has 0 radical (unpaired) electrons. The Kier molecular flexibility index (Phi) is 4.90. The maximum Gasteiger partial charge on any atom is 0.237 e. The topological polar surface area (TPSA) is 95.6 Å². The van der Waals surface area contributed by atoms with Crippen molar-refractivity contribution in [2.75, 3.05) is 0 Å². The standard InChI is InChI=1S/C37H19N7/c38-20-22-17-23(21-39)19-24(18-22)33-28-12-3-6-14-30(28)40-37(42-33)44-32-16-8-5-13-29(32)34-36(44)43-31-15-7-4-10-26(31)25-9-1-2-11-27(25)35(43)41-34/h1-19H. The molecule has 202 valence electrons. The molecule has 0 spiro atoms. The van der Waals surface area contributed by atoms with E-state index in [9.17, 15) is 10.5 Å². The van der Waals surface area contributed by atoms with Crippen LogP contribution in [0.4, 0.5) is 0 Å². The fourth-order valence-corrected chi connectivity index (χ4v) is 6.48. The highest BCUT2D eigenvalue weighted by atomic mass is 15.2. The van der Waals surface area contributed by atoms with E-state index in [0.717, 1.165) is 60.3 Å². The Labute approximate surface area is 250 Å². The van der Waals surface area contributed by atoms with Gasteiger partial charge in [0.15, 0.2) is 5.65 Å². The summed E-state index contributed by atoms with van der Waals surface area (Å²) in [5, 5.41) is 24.6. The maximum atomic E-state index is 9.72. The molecule has 0 fully saturated rings. The van der Waals surface area contributed by atoms with Gasteiger partial charge in [-0.1, -0.05) is 78.9 Å². The van der Waals surface area contributed by atoms with Crippen LogP contribution >= 0.6 is 0 Å². The summed E-state index contributed by atoms with van der Waals surface area (Å²) in [5.74, 6) is 0.477. The maximum absolute atomic E-state index is 9.72. The first-order chi connectivity index (χ1) is 21.7. The third kappa shape index (κ3) is 3.26. The van der Waals surface area contributed by atoms with Crippen molar-refractivity contribution >= 4 is 60.3 Å². The Hall–Kier alpha value is -6.57. The van der Waals surface area contributed by atoms with Crippen molar-refractivity contribution in [2.24, 2.45) is 0 Å². The molecule has 4 aromatic heterocycles. The first-order valence-electron chi connectivity index (χ1n) is 14.2. The Morgan fingerprint density at radius 3 is 1.91 bits per heavy atom. The van der Waals surface area contributed by atoms with Crippen molar-refractivity contribution in [2.45, 2.75) is 0 Å². The van der Waals surface area contributed by atoms with E-state index < -0.39 is 0 Å². The van der Waals surface area contributed by atoms with Crippen LogP contribution < -0.4 is 0 Å². The van der Waals surface area contributed by atoms with Gasteiger partial charge in [0.2, 0.25) is 5.95 Å². The number of imidazole rings is 1. The normalized spacial score (nSPS) is 11.6. The summed E-state index contributed by atoms with van der Waals surface area (Å²) in [5.41, 5.74) is 7.45. The molecule has 44 heavy (non-hydrogen) atoms. The molecule has 0 aliphatic carbocycles. The largest absolute Gasteiger partial charge is 0.277 e. The van der Waals surface area contributed by atoms with Gasteiger partial charge in [0, 0.05) is 27.1 Å². The highest BCUT2D eigenvalue weighted by Gasteiger charge is 2.23. The molecule has 0 atom stereocenters. The summed E-state index contributed by atoms with van der Waals surface area (Å²) < 4.78 is 4.30. The lowest BCUT2D eigenvalue weighted by molar-refractivity contribution is 0.993. The zero-order valence-corrected chi connectivity index (χ0v) is 23.1. The van der Waals surface area contributed by atoms with Crippen LogP contribution in [0.5, 0.6) is 0 Å². The van der Waals surface area contributed by atoms with Gasteiger partial charge in [-0.3, -0.25) is 8.97 Å². The summed E-state index contributed by atoms with van der Waals surface area (Å²) in [6.07, 6.45) is 0. The second-order valence-corrected chi connectivity index (χ2v) is 10.8. The van der Waals surface area contributed by atoms with Gasteiger partial charge in [-0.25, -0.2) is 15.0 Å². The van der Waals surface area contributed by atoms with E-state index in [2.05, 4.69) is 75.7 Å². The lowest BCUT2D eigenvalue weighted by atomic mass is 10.0. The molecule has 0 saturated carbocycles. The van der Waals surface area contributed by atoms with E-state index in [-0.39, 0.29) is 0 Å². The average molecular weight is 562 g/mol. The predicted molar refractivity (Wildman–Crippen MR) is 173 cm³/mol. The van der Waals surface area contributed by atoms with Crippen molar-refractivity contribution in [1.29, 1.82) is 10.5 Å². The molecule has 0 bridgehead atoms. The Balaban J connectivity index is 1.48. The fourth-order valence-electron chi connectivity index (χ4n) is 6.48. The summed E-state index contributed by atoms with van der Waals surface area (Å²) in [4.78, 5) is 15.6. The van der Waals surface area contributed by atoms with Crippen LogP contribution in [0.2, 0.25) is 0 Å². The van der Waals surface area contributed by atoms with Crippen LogP contribution in [-0.4, -0.2) is 23.9 Å². The van der Waals surface area contributed by atoms with Gasteiger partial charge in [0.1, 0.15) is 11.2 Å².